The van der Waals surface area contributed by atoms with Crippen molar-refractivity contribution in [3.05, 3.63) is 29.8 Å². The standard InChI is InChI=1S/C13H19NOS/c1-2-15-12-6-4-11(5-7-12)13-10-16-9-3-8-14-13/h4-7,13-14H,2-3,8-10H2,1H3. The Morgan fingerprint density at radius 3 is 2.94 bits per heavy atom. The molecule has 3 heteroatoms. The predicted molar refractivity (Wildman–Crippen MR) is 70.3 cm³/mol. The lowest BCUT2D eigenvalue weighted by atomic mass is 10.1. The van der Waals surface area contributed by atoms with E-state index in [1.54, 1.807) is 0 Å². The van der Waals surface area contributed by atoms with Crippen LogP contribution in [0.1, 0.15) is 24.9 Å². The minimum absolute atomic E-state index is 0.503. The molecule has 0 saturated carbocycles. The van der Waals surface area contributed by atoms with Gasteiger partial charge in [0.1, 0.15) is 5.75 Å². The van der Waals surface area contributed by atoms with Crippen molar-refractivity contribution in [2.75, 3.05) is 24.7 Å². The van der Waals surface area contributed by atoms with Crippen LogP contribution in [0.2, 0.25) is 0 Å². The van der Waals surface area contributed by atoms with Gasteiger partial charge in [-0.15, -0.1) is 0 Å². The van der Waals surface area contributed by atoms with Crippen LogP contribution in [0.15, 0.2) is 24.3 Å². The molecule has 16 heavy (non-hydrogen) atoms. The number of rotatable bonds is 3. The maximum absolute atomic E-state index is 5.45. The summed E-state index contributed by atoms with van der Waals surface area (Å²) in [7, 11) is 0. The van der Waals surface area contributed by atoms with E-state index in [0.717, 1.165) is 18.9 Å². The molecule has 1 heterocycles. The normalized spacial score (nSPS) is 21.4. The Morgan fingerprint density at radius 2 is 2.19 bits per heavy atom. The molecule has 1 N–H and O–H groups in total. The zero-order valence-corrected chi connectivity index (χ0v) is 10.6. The molecule has 2 nitrogen and oxygen atoms in total. The van der Waals surface area contributed by atoms with Crippen molar-refractivity contribution in [3.63, 3.8) is 0 Å². The van der Waals surface area contributed by atoms with Crippen LogP contribution in [-0.4, -0.2) is 24.7 Å². The summed E-state index contributed by atoms with van der Waals surface area (Å²) >= 11 is 2.04. The largest absolute Gasteiger partial charge is 0.494 e. The Kier molecular flexibility index (Phi) is 4.55. The number of nitrogens with one attached hydrogen (secondary N) is 1. The summed E-state index contributed by atoms with van der Waals surface area (Å²) in [5.74, 6) is 3.42. The number of ether oxygens (including phenoxy) is 1. The van der Waals surface area contributed by atoms with Crippen molar-refractivity contribution >= 4 is 11.8 Å². The lowest BCUT2D eigenvalue weighted by Crippen LogP contribution is -2.22. The third-order valence-corrected chi connectivity index (χ3v) is 3.88. The molecule has 1 unspecified atom stereocenters. The quantitative estimate of drug-likeness (QED) is 0.873. The summed E-state index contributed by atoms with van der Waals surface area (Å²) in [6.07, 6.45) is 1.28. The van der Waals surface area contributed by atoms with Gasteiger partial charge in [-0.1, -0.05) is 12.1 Å². The van der Waals surface area contributed by atoms with Crippen molar-refractivity contribution < 1.29 is 4.74 Å². The Hall–Kier alpha value is -0.670. The van der Waals surface area contributed by atoms with Crippen LogP contribution in [0, 0.1) is 0 Å². The van der Waals surface area contributed by atoms with Gasteiger partial charge in [0, 0.05) is 11.8 Å². The van der Waals surface area contributed by atoms with Gasteiger partial charge in [-0.3, -0.25) is 0 Å². The molecule has 1 atom stereocenters. The van der Waals surface area contributed by atoms with Gasteiger partial charge in [-0.25, -0.2) is 0 Å². The van der Waals surface area contributed by atoms with E-state index in [1.807, 2.05) is 18.7 Å². The molecule has 1 saturated heterocycles. The minimum atomic E-state index is 0.503. The SMILES string of the molecule is CCOc1ccc(C2CSCCCN2)cc1. The van der Waals surface area contributed by atoms with E-state index in [-0.39, 0.29) is 0 Å². The van der Waals surface area contributed by atoms with Crippen LogP contribution in [0.25, 0.3) is 0 Å². The van der Waals surface area contributed by atoms with E-state index in [1.165, 1.54) is 23.5 Å². The molecule has 0 radical (unpaired) electrons. The smallest absolute Gasteiger partial charge is 0.119 e. The predicted octanol–water partition coefficient (Wildman–Crippen LogP) is 2.85. The molecule has 2 rings (SSSR count). The molecule has 0 aliphatic carbocycles. The Labute approximate surface area is 102 Å². The van der Waals surface area contributed by atoms with Crippen molar-refractivity contribution in [2.45, 2.75) is 19.4 Å². The van der Waals surface area contributed by atoms with Crippen LogP contribution < -0.4 is 10.1 Å². The highest BCUT2D eigenvalue weighted by Crippen LogP contribution is 2.23. The molecular formula is C13H19NOS. The van der Waals surface area contributed by atoms with Gasteiger partial charge in [0.05, 0.1) is 6.61 Å². The van der Waals surface area contributed by atoms with E-state index in [0.29, 0.717) is 6.04 Å². The summed E-state index contributed by atoms with van der Waals surface area (Å²) < 4.78 is 5.45. The Bertz CT molecular complexity index is 304. The molecule has 0 aromatic heterocycles. The minimum Gasteiger partial charge on any atom is -0.494 e. The zero-order valence-electron chi connectivity index (χ0n) is 9.74. The molecule has 1 fully saturated rings. The first kappa shape index (κ1) is 11.8. The van der Waals surface area contributed by atoms with Crippen LogP contribution in [-0.2, 0) is 0 Å². The fraction of sp³-hybridized carbons (Fsp3) is 0.538. The van der Waals surface area contributed by atoms with Crippen molar-refractivity contribution in [3.8, 4) is 5.75 Å². The topological polar surface area (TPSA) is 21.3 Å². The fourth-order valence-corrected chi connectivity index (χ4v) is 2.95. The summed E-state index contributed by atoms with van der Waals surface area (Å²) in [6, 6.07) is 8.98. The van der Waals surface area contributed by atoms with Crippen LogP contribution in [0.4, 0.5) is 0 Å². The van der Waals surface area contributed by atoms with Crippen LogP contribution in [0.5, 0.6) is 5.75 Å². The Morgan fingerprint density at radius 1 is 1.38 bits per heavy atom. The maximum Gasteiger partial charge on any atom is 0.119 e. The third kappa shape index (κ3) is 3.16. The first-order valence-electron chi connectivity index (χ1n) is 5.94. The van der Waals surface area contributed by atoms with Crippen molar-refractivity contribution in [1.82, 2.24) is 5.32 Å². The molecule has 1 aromatic carbocycles. The monoisotopic (exact) mass is 237 g/mol. The summed E-state index contributed by atoms with van der Waals surface area (Å²) in [6.45, 7) is 3.87. The van der Waals surface area contributed by atoms with Gasteiger partial charge in [-0.05, 0) is 43.3 Å². The first-order valence-corrected chi connectivity index (χ1v) is 7.09. The van der Waals surface area contributed by atoms with E-state index in [9.17, 15) is 0 Å². The first-order chi connectivity index (χ1) is 7.90. The molecule has 88 valence electrons. The second-order valence-corrected chi connectivity index (χ2v) is 5.09. The summed E-state index contributed by atoms with van der Waals surface area (Å²) in [5.41, 5.74) is 1.37. The molecule has 1 aliphatic heterocycles. The highest BCUT2D eigenvalue weighted by Gasteiger charge is 2.13. The number of hydrogen-bond acceptors (Lipinski definition) is 3. The highest BCUT2D eigenvalue weighted by molar-refractivity contribution is 7.99. The van der Waals surface area contributed by atoms with E-state index < -0.39 is 0 Å². The zero-order chi connectivity index (χ0) is 11.2. The molecule has 1 aromatic rings. The molecule has 1 aliphatic rings. The van der Waals surface area contributed by atoms with Gasteiger partial charge in [0.25, 0.3) is 0 Å². The number of benzene rings is 1. The molecular weight excluding hydrogens is 218 g/mol. The maximum atomic E-state index is 5.45. The average molecular weight is 237 g/mol. The molecule has 0 bridgehead atoms. The van der Waals surface area contributed by atoms with Crippen LogP contribution in [0.3, 0.4) is 0 Å². The number of hydrogen-bond donors (Lipinski definition) is 1. The lowest BCUT2D eigenvalue weighted by Gasteiger charge is -2.16. The molecule has 0 amide bonds. The van der Waals surface area contributed by atoms with Crippen molar-refractivity contribution in [1.29, 1.82) is 0 Å². The van der Waals surface area contributed by atoms with E-state index in [4.69, 9.17) is 4.74 Å². The second-order valence-electron chi connectivity index (χ2n) is 3.94. The Balaban J connectivity index is 2.01. The van der Waals surface area contributed by atoms with Gasteiger partial charge < -0.3 is 10.1 Å². The summed E-state index contributed by atoms with van der Waals surface area (Å²) in [4.78, 5) is 0. The lowest BCUT2D eigenvalue weighted by molar-refractivity contribution is 0.340. The van der Waals surface area contributed by atoms with E-state index in [2.05, 4.69) is 29.6 Å². The van der Waals surface area contributed by atoms with Crippen LogP contribution >= 0.6 is 11.8 Å². The fourth-order valence-electron chi connectivity index (χ4n) is 1.89. The highest BCUT2D eigenvalue weighted by atomic mass is 32.2. The van der Waals surface area contributed by atoms with Gasteiger partial charge in [0.15, 0.2) is 0 Å². The summed E-state index contributed by atoms with van der Waals surface area (Å²) in [5, 5.41) is 3.59. The van der Waals surface area contributed by atoms with Crippen molar-refractivity contribution in [2.24, 2.45) is 0 Å². The molecule has 0 spiro atoms. The van der Waals surface area contributed by atoms with Gasteiger partial charge >= 0.3 is 0 Å². The third-order valence-electron chi connectivity index (χ3n) is 2.73. The van der Waals surface area contributed by atoms with E-state index >= 15 is 0 Å². The van der Waals surface area contributed by atoms with Gasteiger partial charge in [-0.2, -0.15) is 11.8 Å². The average Bonchev–Trinajstić information content (AvgIpc) is 2.59. The number of thioether (sulfide) groups is 1. The second kappa shape index (κ2) is 6.16. The van der Waals surface area contributed by atoms with Gasteiger partial charge in [0.2, 0.25) is 0 Å².